The quantitative estimate of drug-likeness (QED) is 0.318. The van der Waals surface area contributed by atoms with Crippen LogP contribution in [0, 0.1) is 5.92 Å². The first-order valence-corrected chi connectivity index (χ1v) is 13.6. The van der Waals surface area contributed by atoms with Crippen LogP contribution in [0.15, 0.2) is 54.6 Å². The van der Waals surface area contributed by atoms with Crippen LogP contribution in [0.25, 0.3) is 6.08 Å². The maximum atomic E-state index is 13.5. The van der Waals surface area contributed by atoms with Crippen LogP contribution < -0.4 is 14.2 Å². The highest BCUT2D eigenvalue weighted by molar-refractivity contribution is 5.97. The molecule has 1 fully saturated rings. The van der Waals surface area contributed by atoms with Gasteiger partial charge in [0.2, 0.25) is 0 Å². The van der Waals surface area contributed by atoms with E-state index in [4.69, 9.17) is 33.2 Å². The van der Waals surface area contributed by atoms with Gasteiger partial charge in [0.15, 0.2) is 18.4 Å². The van der Waals surface area contributed by atoms with Crippen molar-refractivity contribution in [1.82, 2.24) is 0 Å². The summed E-state index contributed by atoms with van der Waals surface area (Å²) >= 11 is 0. The van der Waals surface area contributed by atoms with Gasteiger partial charge in [-0.3, -0.25) is 4.79 Å². The average Bonchev–Trinajstić information content (AvgIpc) is 3.27. The Morgan fingerprint density at radius 1 is 0.951 bits per heavy atom. The third-order valence-corrected chi connectivity index (χ3v) is 6.93. The molecule has 4 rings (SSSR count). The van der Waals surface area contributed by atoms with Crippen LogP contribution in [0.1, 0.15) is 55.6 Å². The van der Waals surface area contributed by atoms with Gasteiger partial charge >= 0.3 is 5.97 Å². The van der Waals surface area contributed by atoms with Gasteiger partial charge in [-0.15, -0.1) is 0 Å². The normalized spacial score (nSPS) is 24.9. The Labute approximate surface area is 241 Å². The zero-order valence-electron chi connectivity index (χ0n) is 24.4. The second kappa shape index (κ2) is 13.3. The Bertz CT molecular complexity index is 1280. The number of hydrogen-bond donors (Lipinski definition) is 0. The van der Waals surface area contributed by atoms with Gasteiger partial charge in [0.1, 0.15) is 41.6 Å². The zero-order valence-corrected chi connectivity index (χ0v) is 24.4. The molecule has 1 saturated heterocycles. The molecule has 0 spiro atoms. The van der Waals surface area contributed by atoms with Gasteiger partial charge in [-0.2, -0.15) is 0 Å². The summed E-state index contributed by atoms with van der Waals surface area (Å²) in [7, 11) is 3.11. The van der Waals surface area contributed by atoms with Crippen molar-refractivity contribution in [3.8, 4) is 17.2 Å². The van der Waals surface area contributed by atoms with Gasteiger partial charge < -0.3 is 33.2 Å². The van der Waals surface area contributed by atoms with Gasteiger partial charge in [0.25, 0.3) is 0 Å². The molecule has 4 atom stereocenters. The molecule has 0 N–H and O–H groups in total. The van der Waals surface area contributed by atoms with E-state index in [0.29, 0.717) is 17.7 Å². The molecule has 1 unspecified atom stereocenters. The maximum Gasteiger partial charge on any atom is 0.342 e. The number of esters is 1. The molecule has 0 radical (unpaired) electrons. The maximum absolute atomic E-state index is 13.5. The average molecular weight is 567 g/mol. The number of cyclic esters (lactones) is 1. The van der Waals surface area contributed by atoms with Crippen molar-refractivity contribution < 1.29 is 42.7 Å². The van der Waals surface area contributed by atoms with Crippen LogP contribution in [-0.4, -0.2) is 56.9 Å². The monoisotopic (exact) mass is 566 g/mol. The first-order chi connectivity index (χ1) is 19.6. The van der Waals surface area contributed by atoms with Gasteiger partial charge in [0.05, 0.1) is 13.2 Å². The van der Waals surface area contributed by atoms with E-state index in [9.17, 15) is 9.59 Å². The lowest BCUT2D eigenvalue weighted by atomic mass is 9.99. The van der Waals surface area contributed by atoms with E-state index < -0.39 is 30.1 Å². The van der Waals surface area contributed by atoms with Crippen LogP contribution >= 0.6 is 0 Å². The van der Waals surface area contributed by atoms with Crippen LogP contribution in [0.4, 0.5) is 0 Å². The van der Waals surface area contributed by atoms with E-state index in [0.717, 1.165) is 11.3 Å². The molecule has 0 aromatic heterocycles. The van der Waals surface area contributed by atoms with Crippen LogP contribution in [0.2, 0.25) is 0 Å². The van der Waals surface area contributed by atoms with Crippen molar-refractivity contribution in [2.45, 2.75) is 64.8 Å². The fourth-order valence-electron chi connectivity index (χ4n) is 4.58. The number of ketones is 1. The molecule has 0 saturated carbocycles. The number of methoxy groups -OCH3 is 2. The van der Waals surface area contributed by atoms with E-state index >= 15 is 0 Å². The molecule has 9 heteroatoms. The van der Waals surface area contributed by atoms with Gasteiger partial charge in [-0.05, 0) is 62.6 Å². The molecule has 0 bridgehead atoms. The molecule has 2 aromatic carbocycles. The summed E-state index contributed by atoms with van der Waals surface area (Å²) in [4.78, 5) is 26.5. The van der Waals surface area contributed by atoms with Gasteiger partial charge in [0, 0.05) is 19.1 Å². The molecule has 9 nitrogen and oxygen atoms in total. The number of carbonyl (C=O) groups is 2. The van der Waals surface area contributed by atoms with Crippen molar-refractivity contribution in [2.24, 2.45) is 5.92 Å². The van der Waals surface area contributed by atoms with Crippen molar-refractivity contribution in [3.05, 3.63) is 71.3 Å². The van der Waals surface area contributed by atoms with Gasteiger partial charge in [-0.25, -0.2) is 4.79 Å². The molecule has 220 valence electrons. The Morgan fingerprint density at radius 2 is 1.71 bits per heavy atom. The van der Waals surface area contributed by atoms with Crippen LogP contribution in [-0.2, 0) is 30.3 Å². The molecule has 2 aliphatic rings. The first kappa shape index (κ1) is 30.3. The Morgan fingerprint density at radius 3 is 2.41 bits per heavy atom. The predicted octanol–water partition coefficient (Wildman–Crippen LogP) is 5.50. The SMILES string of the molecule is COCOc1cc(OCc2ccc(OC)cc2)cc2c1C(=O)O[C@@H](C)[C@H](C)/C=C\C(=O)C1OC(C)(C)O[C@H]1CC=C2. The highest BCUT2D eigenvalue weighted by Crippen LogP contribution is 2.34. The number of hydrogen-bond acceptors (Lipinski definition) is 9. The van der Waals surface area contributed by atoms with E-state index in [1.54, 1.807) is 52.2 Å². The van der Waals surface area contributed by atoms with Crippen molar-refractivity contribution in [3.63, 3.8) is 0 Å². The van der Waals surface area contributed by atoms with E-state index in [1.165, 1.54) is 13.2 Å². The predicted molar refractivity (Wildman–Crippen MR) is 152 cm³/mol. The largest absolute Gasteiger partial charge is 0.497 e. The summed E-state index contributed by atoms with van der Waals surface area (Å²) in [5.41, 5.74) is 1.71. The lowest BCUT2D eigenvalue weighted by molar-refractivity contribution is -0.152. The second-order valence-corrected chi connectivity index (χ2v) is 10.5. The van der Waals surface area contributed by atoms with Crippen molar-refractivity contribution in [1.29, 1.82) is 0 Å². The Kier molecular flexibility index (Phi) is 9.86. The molecule has 2 aliphatic heterocycles. The minimum Gasteiger partial charge on any atom is -0.497 e. The highest BCUT2D eigenvalue weighted by atomic mass is 16.8. The summed E-state index contributed by atoms with van der Waals surface area (Å²) in [6, 6.07) is 11.0. The number of rotatable bonds is 7. The summed E-state index contributed by atoms with van der Waals surface area (Å²) in [6.07, 6.45) is 5.44. The smallest absolute Gasteiger partial charge is 0.342 e. The van der Waals surface area contributed by atoms with E-state index in [1.807, 2.05) is 37.3 Å². The molecular weight excluding hydrogens is 528 g/mol. The summed E-state index contributed by atoms with van der Waals surface area (Å²) in [6.45, 7) is 7.43. The molecule has 0 aliphatic carbocycles. The van der Waals surface area contributed by atoms with Crippen molar-refractivity contribution >= 4 is 17.8 Å². The van der Waals surface area contributed by atoms with E-state index in [2.05, 4.69) is 0 Å². The fourth-order valence-corrected chi connectivity index (χ4v) is 4.58. The lowest BCUT2D eigenvalue weighted by Crippen LogP contribution is -2.30. The van der Waals surface area contributed by atoms with Gasteiger partial charge in [-0.1, -0.05) is 37.3 Å². The molecule has 41 heavy (non-hydrogen) atoms. The molecular formula is C32H38O9. The van der Waals surface area contributed by atoms with Crippen LogP contribution in [0.5, 0.6) is 17.2 Å². The summed E-state index contributed by atoms with van der Waals surface area (Å²) < 4.78 is 40.1. The number of carbonyl (C=O) groups excluding carboxylic acids is 2. The summed E-state index contributed by atoms with van der Waals surface area (Å²) in [5.74, 6) is -0.394. The minimum atomic E-state index is -0.903. The third-order valence-electron chi connectivity index (χ3n) is 6.93. The topological polar surface area (TPSA) is 98.8 Å². The number of fused-ring (bicyclic) bond motifs is 2. The molecule has 2 aromatic rings. The standard InChI is InChI=1S/C32H38O9/c1-20-10-15-26(33)30-27(40-32(3,4)41-30)9-7-8-23-16-25(37-18-22-11-13-24(36-6)14-12-22)17-28(38-19-35-5)29(23)31(34)39-21(20)2/h7-8,10-17,20-21,27,30H,9,18-19H2,1-6H3/b8-7?,15-10-/t20-,21+,27+,30?/m1/s1. The number of benzene rings is 2. The highest BCUT2D eigenvalue weighted by Gasteiger charge is 2.43. The zero-order chi connectivity index (χ0) is 29.6. The van der Waals surface area contributed by atoms with Crippen LogP contribution in [0.3, 0.4) is 0 Å². The Hall–Kier alpha value is -3.66. The summed E-state index contributed by atoms with van der Waals surface area (Å²) in [5, 5.41) is 0. The Balaban J connectivity index is 1.71. The fraction of sp³-hybridized carbons (Fsp3) is 0.438. The number of ether oxygens (including phenoxy) is 7. The molecule has 0 amide bonds. The minimum absolute atomic E-state index is 0.0772. The first-order valence-electron chi connectivity index (χ1n) is 13.6. The lowest BCUT2D eigenvalue weighted by Gasteiger charge is -2.21. The molecule has 2 heterocycles. The third kappa shape index (κ3) is 7.75. The van der Waals surface area contributed by atoms with E-state index in [-0.39, 0.29) is 36.4 Å². The second-order valence-electron chi connectivity index (χ2n) is 10.5. The van der Waals surface area contributed by atoms with Crippen molar-refractivity contribution in [2.75, 3.05) is 21.0 Å².